The number of carbonyl (C=O) groups is 3. The van der Waals surface area contributed by atoms with E-state index in [0.29, 0.717) is 22.4 Å². The van der Waals surface area contributed by atoms with Crippen LogP contribution in [0.25, 0.3) is 11.6 Å². The standard InChI is InChI=1S/C31H24N2O5/c1-20(34)37-25-15-12-22(13-16-25)26(18-21-8-4-2-5-9-21)31(36)38-28-17-14-24(30(32)33)19-27(28)29(35)23-10-6-3-7-11-23/h2-19H,1H3,(H3,32,33). The number of esters is 2. The third-order valence-electron chi connectivity index (χ3n) is 5.53. The lowest BCUT2D eigenvalue weighted by atomic mass is 9.99. The molecule has 0 aliphatic rings. The Kier molecular flexibility index (Phi) is 7.89. The molecule has 0 saturated carbocycles. The quantitative estimate of drug-likeness (QED) is 0.0641. The smallest absolute Gasteiger partial charge is 0.344 e. The number of hydrogen-bond donors (Lipinski definition) is 2. The number of amidine groups is 1. The zero-order valence-electron chi connectivity index (χ0n) is 20.5. The van der Waals surface area contributed by atoms with E-state index in [1.165, 1.54) is 25.1 Å². The molecule has 7 nitrogen and oxygen atoms in total. The van der Waals surface area contributed by atoms with Crippen molar-refractivity contribution in [1.82, 2.24) is 0 Å². The summed E-state index contributed by atoms with van der Waals surface area (Å²) in [6, 6.07) is 28.6. The van der Waals surface area contributed by atoms with Gasteiger partial charge in [0.1, 0.15) is 17.3 Å². The average molecular weight is 505 g/mol. The lowest BCUT2D eigenvalue weighted by molar-refractivity contribution is -0.132. The Morgan fingerprint density at radius 3 is 1.95 bits per heavy atom. The monoisotopic (exact) mass is 504 g/mol. The van der Waals surface area contributed by atoms with Crippen molar-refractivity contribution in [3.63, 3.8) is 0 Å². The average Bonchev–Trinajstić information content (AvgIpc) is 2.92. The zero-order valence-corrected chi connectivity index (χ0v) is 20.5. The number of ether oxygens (including phenoxy) is 2. The Morgan fingerprint density at radius 2 is 1.34 bits per heavy atom. The van der Waals surface area contributed by atoms with Crippen molar-refractivity contribution in [2.24, 2.45) is 5.73 Å². The molecule has 0 unspecified atom stereocenters. The summed E-state index contributed by atoms with van der Waals surface area (Å²) in [5.74, 6) is -1.39. The fourth-order valence-corrected chi connectivity index (χ4v) is 3.71. The van der Waals surface area contributed by atoms with Crippen molar-refractivity contribution in [3.05, 3.63) is 131 Å². The Hall–Kier alpha value is -5.30. The summed E-state index contributed by atoms with van der Waals surface area (Å²) >= 11 is 0. The molecule has 0 radical (unpaired) electrons. The molecule has 188 valence electrons. The van der Waals surface area contributed by atoms with Crippen molar-refractivity contribution in [2.45, 2.75) is 6.92 Å². The predicted octanol–water partition coefficient (Wildman–Crippen LogP) is 5.27. The molecule has 0 aromatic heterocycles. The van der Waals surface area contributed by atoms with Crippen LogP contribution in [0.1, 0.15) is 39.5 Å². The fraction of sp³-hybridized carbons (Fsp3) is 0.0323. The Labute approximate surface area is 219 Å². The fourth-order valence-electron chi connectivity index (χ4n) is 3.71. The molecule has 4 aromatic carbocycles. The van der Waals surface area contributed by atoms with Crippen LogP contribution in [0.15, 0.2) is 103 Å². The number of nitrogens with one attached hydrogen (secondary N) is 1. The molecule has 0 amide bonds. The van der Waals surface area contributed by atoms with Gasteiger partial charge in [0.2, 0.25) is 0 Å². The third kappa shape index (κ3) is 6.27. The van der Waals surface area contributed by atoms with Crippen LogP contribution in [-0.4, -0.2) is 23.6 Å². The summed E-state index contributed by atoms with van der Waals surface area (Å²) in [5, 5.41) is 7.77. The summed E-state index contributed by atoms with van der Waals surface area (Å²) in [4.78, 5) is 38.2. The number of rotatable bonds is 8. The van der Waals surface area contributed by atoms with Gasteiger partial charge in [0.15, 0.2) is 5.78 Å². The van der Waals surface area contributed by atoms with Crippen molar-refractivity contribution < 1.29 is 23.9 Å². The Balaban J connectivity index is 1.74. The van der Waals surface area contributed by atoms with E-state index in [2.05, 4.69) is 0 Å². The largest absolute Gasteiger partial charge is 0.427 e. The van der Waals surface area contributed by atoms with Gasteiger partial charge in [-0.05, 0) is 47.5 Å². The first-order valence-electron chi connectivity index (χ1n) is 11.7. The molecule has 0 bridgehead atoms. The van der Waals surface area contributed by atoms with Gasteiger partial charge in [-0.1, -0.05) is 72.8 Å². The van der Waals surface area contributed by atoms with E-state index in [4.69, 9.17) is 20.6 Å². The van der Waals surface area contributed by atoms with Gasteiger partial charge >= 0.3 is 11.9 Å². The van der Waals surface area contributed by atoms with E-state index in [9.17, 15) is 14.4 Å². The van der Waals surface area contributed by atoms with Crippen LogP contribution in [-0.2, 0) is 9.59 Å². The molecule has 3 N–H and O–H groups in total. The molecule has 0 saturated heterocycles. The Bertz CT molecular complexity index is 1530. The summed E-state index contributed by atoms with van der Waals surface area (Å²) in [7, 11) is 0. The highest BCUT2D eigenvalue weighted by atomic mass is 16.5. The van der Waals surface area contributed by atoms with Gasteiger partial charge in [-0.3, -0.25) is 15.0 Å². The molecule has 7 heteroatoms. The van der Waals surface area contributed by atoms with E-state index >= 15 is 0 Å². The molecule has 0 aliphatic heterocycles. The normalized spacial score (nSPS) is 10.9. The summed E-state index contributed by atoms with van der Waals surface area (Å²) in [6.07, 6.45) is 1.67. The predicted molar refractivity (Wildman–Crippen MR) is 145 cm³/mol. The lowest BCUT2D eigenvalue weighted by Gasteiger charge is -2.14. The summed E-state index contributed by atoms with van der Waals surface area (Å²) < 4.78 is 10.9. The molecule has 4 aromatic rings. The molecule has 0 atom stereocenters. The molecule has 0 aliphatic carbocycles. The van der Waals surface area contributed by atoms with Crippen LogP contribution in [0.4, 0.5) is 0 Å². The maximum absolute atomic E-state index is 13.6. The number of nitrogen functional groups attached to an aromatic ring is 1. The van der Waals surface area contributed by atoms with Crippen LogP contribution in [0.2, 0.25) is 0 Å². The van der Waals surface area contributed by atoms with Gasteiger partial charge in [0.25, 0.3) is 0 Å². The van der Waals surface area contributed by atoms with Gasteiger partial charge in [-0.25, -0.2) is 4.79 Å². The highest BCUT2D eigenvalue weighted by Gasteiger charge is 2.21. The maximum atomic E-state index is 13.6. The molecule has 0 fully saturated rings. The van der Waals surface area contributed by atoms with E-state index < -0.39 is 11.9 Å². The van der Waals surface area contributed by atoms with Gasteiger partial charge in [-0.15, -0.1) is 0 Å². The van der Waals surface area contributed by atoms with Crippen molar-refractivity contribution >= 4 is 35.2 Å². The second-order valence-corrected chi connectivity index (χ2v) is 8.30. The maximum Gasteiger partial charge on any atom is 0.344 e. The number of nitrogens with two attached hydrogens (primary N) is 1. The Morgan fingerprint density at radius 1 is 0.737 bits per heavy atom. The van der Waals surface area contributed by atoms with E-state index in [1.807, 2.05) is 30.3 Å². The SMILES string of the molecule is CC(=O)Oc1ccc(C(=Cc2ccccc2)C(=O)Oc2ccc(C(=N)N)cc2C(=O)c2ccccc2)cc1. The molecular weight excluding hydrogens is 480 g/mol. The van der Waals surface area contributed by atoms with E-state index in [-0.39, 0.29) is 28.5 Å². The van der Waals surface area contributed by atoms with Gasteiger partial charge in [-0.2, -0.15) is 0 Å². The van der Waals surface area contributed by atoms with E-state index in [0.717, 1.165) is 5.56 Å². The summed E-state index contributed by atoms with van der Waals surface area (Å²) in [6.45, 7) is 1.30. The zero-order chi connectivity index (χ0) is 27.1. The lowest BCUT2D eigenvalue weighted by Crippen LogP contribution is -2.16. The van der Waals surface area contributed by atoms with Crippen LogP contribution in [0.5, 0.6) is 11.5 Å². The van der Waals surface area contributed by atoms with Gasteiger partial charge in [0, 0.05) is 18.1 Å². The minimum absolute atomic E-state index is 0.0318. The minimum Gasteiger partial charge on any atom is -0.427 e. The first kappa shape index (κ1) is 25.8. The molecule has 0 spiro atoms. The van der Waals surface area contributed by atoms with Crippen molar-refractivity contribution in [2.75, 3.05) is 0 Å². The topological polar surface area (TPSA) is 120 Å². The van der Waals surface area contributed by atoms with Gasteiger partial charge < -0.3 is 15.2 Å². The first-order valence-corrected chi connectivity index (χ1v) is 11.7. The molecule has 0 heterocycles. The van der Waals surface area contributed by atoms with E-state index in [1.54, 1.807) is 60.7 Å². The number of carbonyl (C=O) groups excluding carboxylic acids is 3. The minimum atomic E-state index is -0.702. The number of ketones is 1. The number of benzene rings is 4. The van der Waals surface area contributed by atoms with Crippen LogP contribution in [0, 0.1) is 5.41 Å². The second kappa shape index (κ2) is 11.6. The molecule has 4 rings (SSSR count). The molecule has 38 heavy (non-hydrogen) atoms. The van der Waals surface area contributed by atoms with Crippen LogP contribution < -0.4 is 15.2 Å². The number of hydrogen-bond acceptors (Lipinski definition) is 6. The second-order valence-electron chi connectivity index (χ2n) is 8.30. The first-order chi connectivity index (χ1) is 18.3. The van der Waals surface area contributed by atoms with Crippen molar-refractivity contribution in [1.29, 1.82) is 5.41 Å². The van der Waals surface area contributed by atoms with Crippen LogP contribution in [0.3, 0.4) is 0 Å². The highest BCUT2D eigenvalue weighted by Crippen LogP contribution is 2.28. The highest BCUT2D eigenvalue weighted by molar-refractivity contribution is 6.23. The van der Waals surface area contributed by atoms with Gasteiger partial charge in [0.05, 0.1) is 11.1 Å². The van der Waals surface area contributed by atoms with Crippen LogP contribution >= 0.6 is 0 Å². The third-order valence-corrected chi connectivity index (χ3v) is 5.53. The molecular formula is C31H24N2O5. The summed E-state index contributed by atoms with van der Waals surface area (Å²) in [5.41, 5.74) is 7.97. The van der Waals surface area contributed by atoms with Crippen molar-refractivity contribution in [3.8, 4) is 11.5 Å².